The Morgan fingerprint density at radius 1 is 1.46 bits per heavy atom. The second-order valence-electron chi connectivity index (χ2n) is 3.47. The minimum Gasteiger partial charge on any atom is -0.343 e. The minimum absolute atomic E-state index is 0. The Hall–Kier alpha value is -1.38. The lowest BCUT2D eigenvalue weighted by Crippen LogP contribution is -1.85. The first-order valence-corrected chi connectivity index (χ1v) is 4.31. The maximum Gasteiger partial charge on any atom is 0.142 e. The number of fused-ring (bicyclic) bond motifs is 1. The molecule has 0 aliphatic heterocycles. The zero-order valence-corrected chi connectivity index (χ0v) is 7.63. The molecule has 2 heterocycles. The fourth-order valence-electron chi connectivity index (χ4n) is 1.32. The molecule has 13 heavy (non-hydrogen) atoms. The molecule has 2 aromatic rings. The van der Waals surface area contributed by atoms with Gasteiger partial charge in [-0.15, -0.1) is 0 Å². The summed E-state index contributed by atoms with van der Waals surface area (Å²) in [5.41, 5.74) is 1.85. The standard InChI is InChI=1S/C10H11FN2.H2/c1-6(2)9-4-7-3-8(11)5-12-10(7)13-9;/h3-6H,1-2H3,(H,12,13);1H. The highest BCUT2D eigenvalue weighted by Gasteiger charge is 2.05. The summed E-state index contributed by atoms with van der Waals surface area (Å²) >= 11 is 0. The summed E-state index contributed by atoms with van der Waals surface area (Å²) in [6, 6.07) is 3.43. The lowest BCUT2D eigenvalue weighted by atomic mass is 10.1. The highest BCUT2D eigenvalue weighted by Crippen LogP contribution is 2.19. The van der Waals surface area contributed by atoms with Crippen LogP contribution in [0.3, 0.4) is 0 Å². The molecule has 0 saturated carbocycles. The number of aromatic amines is 1. The largest absolute Gasteiger partial charge is 0.343 e. The van der Waals surface area contributed by atoms with E-state index in [0.717, 1.165) is 16.7 Å². The van der Waals surface area contributed by atoms with Gasteiger partial charge < -0.3 is 4.98 Å². The molecule has 70 valence electrons. The first-order chi connectivity index (χ1) is 6.16. The fraction of sp³-hybridized carbons (Fsp3) is 0.300. The van der Waals surface area contributed by atoms with E-state index in [1.54, 1.807) is 0 Å². The van der Waals surface area contributed by atoms with Gasteiger partial charge in [0.15, 0.2) is 0 Å². The van der Waals surface area contributed by atoms with Gasteiger partial charge in [0.05, 0.1) is 6.20 Å². The molecule has 0 radical (unpaired) electrons. The smallest absolute Gasteiger partial charge is 0.142 e. The predicted molar refractivity (Wildman–Crippen MR) is 52.3 cm³/mol. The average molecular weight is 180 g/mol. The van der Waals surface area contributed by atoms with Crippen molar-refractivity contribution in [3.8, 4) is 0 Å². The number of hydrogen-bond acceptors (Lipinski definition) is 1. The lowest BCUT2D eigenvalue weighted by molar-refractivity contribution is 0.624. The molecule has 0 aliphatic rings. The van der Waals surface area contributed by atoms with Gasteiger partial charge in [-0.3, -0.25) is 0 Å². The highest BCUT2D eigenvalue weighted by atomic mass is 19.1. The van der Waals surface area contributed by atoms with Crippen LogP contribution in [0.4, 0.5) is 4.39 Å². The highest BCUT2D eigenvalue weighted by molar-refractivity contribution is 5.76. The molecule has 0 atom stereocenters. The first-order valence-electron chi connectivity index (χ1n) is 4.31. The Kier molecular flexibility index (Phi) is 1.79. The Labute approximate surface area is 77.3 Å². The molecule has 0 amide bonds. The Morgan fingerprint density at radius 2 is 2.23 bits per heavy atom. The number of pyridine rings is 1. The van der Waals surface area contributed by atoms with Crippen LogP contribution in [0.2, 0.25) is 0 Å². The summed E-state index contributed by atoms with van der Waals surface area (Å²) in [5.74, 6) is 0.124. The third-order valence-electron chi connectivity index (χ3n) is 2.08. The number of aromatic nitrogens is 2. The van der Waals surface area contributed by atoms with Crippen molar-refractivity contribution in [1.82, 2.24) is 9.97 Å². The van der Waals surface area contributed by atoms with Crippen molar-refractivity contribution in [3.63, 3.8) is 0 Å². The van der Waals surface area contributed by atoms with Crippen molar-refractivity contribution in [2.24, 2.45) is 0 Å². The van der Waals surface area contributed by atoms with Gasteiger partial charge in [-0.05, 0) is 18.1 Å². The molecule has 0 aromatic carbocycles. The molecule has 0 unspecified atom stereocenters. The summed E-state index contributed by atoms with van der Waals surface area (Å²) in [5, 5.41) is 0.837. The van der Waals surface area contributed by atoms with Crippen LogP contribution in [0.15, 0.2) is 18.3 Å². The van der Waals surface area contributed by atoms with E-state index in [1.807, 2.05) is 6.07 Å². The Bertz CT molecular complexity index is 437. The SMILES string of the molecule is CC(C)c1cc2cc(F)cnc2[nH]1.[HH]. The second-order valence-corrected chi connectivity index (χ2v) is 3.47. The number of hydrogen-bond donors (Lipinski definition) is 1. The van der Waals surface area contributed by atoms with Crippen LogP contribution in [-0.2, 0) is 0 Å². The number of rotatable bonds is 1. The van der Waals surface area contributed by atoms with Crippen molar-refractivity contribution < 1.29 is 5.82 Å². The van der Waals surface area contributed by atoms with E-state index in [9.17, 15) is 4.39 Å². The topological polar surface area (TPSA) is 28.7 Å². The minimum atomic E-state index is -0.290. The van der Waals surface area contributed by atoms with Gasteiger partial charge in [-0.2, -0.15) is 0 Å². The van der Waals surface area contributed by atoms with E-state index < -0.39 is 0 Å². The van der Waals surface area contributed by atoms with Crippen molar-refractivity contribution in [2.75, 3.05) is 0 Å². The summed E-state index contributed by atoms with van der Waals surface area (Å²) in [6.07, 6.45) is 1.23. The van der Waals surface area contributed by atoms with Gasteiger partial charge in [0.25, 0.3) is 0 Å². The molecule has 2 rings (SSSR count). The van der Waals surface area contributed by atoms with Crippen LogP contribution in [0.1, 0.15) is 26.9 Å². The van der Waals surface area contributed by atoms with Crippen LogP contribution in [-0.4, -0.2) is 9.97 Å². The van der Waals surface area contributed by atoms with Crippen LogP contribution in [0.5, 0.6) is 0 Å². The van der Waals surface area contributed by atoms with E-state index in [-0.39, 0.29) is 7.24 Å². The maximum atomic E-state index is 12.8. The zero-order valence-electron chi connectivity index (χ0n) is 7.63. The van der Waals surface area contributed by atoms with Crippen LogP contribution < -0.4 is 0 Å². The van der Waals surface area contributed by atoms with E-state index in [1.165, 1.54) is 12.3 Å². The molecule has 0 bridgehead atoms. The summed E-state index contributed by atoms with van der Waals surface area (Å²) in [6.45, 7) is 4.17. The van der Waals surface area contributed by atoms with E-state index in [2.05, 4.69) is 23.8 Å². The Morgan fingerprint density at radius 3 is 2.92 bits per heavy atom. The molecular formula is C10H13FN2. The third-order valence-corrected chi connectivity index (χ3v) is 2.08. The first kappa shape index (κ1) is 8.23. The van der Waals surface area contributed by atoms with Crippen molar-refractivity contribution in [1.29, 1.82) is 0 Å². The van der Waals surface area contributed by atoms with Crippen molar-refractivity contribution in [2.45, 2.75) is 19.8 Å². The quantitative estimate of drug-likeness (QED) is 0.717. The molecule has 0 spiro atoms. The third kappa shape index (κ3) is 1.41. The predicted octanol–water partition coefficient (Wildman–Crippen LogP) is 3.07. The summed E-state index contributed by atoms with van der Waals surface area (Å²) in [4.78, 5) is 7.10. The molecular weight excluding hydrogens is 167 g/mol. The Balaban J connectivity index is 0.000000980. The van der Waals surface area contributed by atoms with Gasteiger partial charge in [0.2, 0.25) is 0 Å². The van der Waals surface area contributed by atoms with Gasteiger partial charge >= 0.3 is 0 Å². The number of H-pyrrole nitrogens is 1. The average Bonchev–Trinajstić information content (AvgIpc) is 2.46. The van der Waals surface area contributed by atoms with E-state index in [4.69, 9.17) is 0 Å². The lowest BCUT2D eigenvalue weighted by Gasteiger charge is -1.97. The fourth-order valence-corrected chi connectivity index (χ4v) is 1.32. The van der Waals surface area contributed by atoms with Crippen molar-refractivity contribution in [3.05, 3.63) is 29.8 Å². The molecule has 2 aromatic heterocycles. The number of halogens is 1. The molecule has 0 saturated heterocycles. The molecule has 2 nitrogen and oxygen atoms in total. The molecule has 1 N–H and O–H groups in total. The van der Waals surface area contributed by atoms with Gasteiger partial charge in [-0.25, -0.2) is 9.37 Å². The maximum absolute atomic E-state index is 12.8. The monoisotopic (exact) mass is 180 g/mol. The van der Waals surface area contributed by atoms with Gasteiger partial charge in [-0.1, -0.05) is 13.8 Å². The van der Waals surface area contributed by atoms with Crippen LogP contribution in [0, 0.1) is 5.82 Å². The zero-order chi connectivity index (χ0) is 9.42. The van der Waals surface area contributed by atoms with E-state index >= 15 is 0 Å². The molecule has 0 aliphatic carbocycles. The summed E-state index contributed by atoms with van der Waals surface area (Å²) in [7, 11) is 0. The normalized spacial score (nSPS) is 11.4. The van der Waals surface area contributed by atoms with Gasteiger partial charge in [0.1, 0.15) is 11.5 Å². The van der Waals surface area contributed by atoms with Crippen LogP contribution >= 0.6 is 0 Å². The molecule has 3 heteroatoms. The van der Waals surface area contributed by atoms with Gasteiger partial charge in [0, 0.05) is 12.5 Å². The van der Waals surface area contributed by atoms with Crippen LogP contribution in [0.25, 0.3) is 11.0 Å². The van der Waals surface area contributed by atoms with E-state index in [0.29, 0.717) is 5.92 Å². The van der Waals surface area contributed by atoms with Crippen molar-refractivity contribution >= 4 is 11.0 Å². The summed E-state index contributed by atoms with van der Waals surface area (Å²) < 4.78 is 12.8. The molecule has 0 fully saturated rings. The number of nitrogens with one attached hydrogen (secondary N) is 1. The second kappa shape index (κ2) is 2.83. The number of nitrogens with zero attached hydrogens (tertiary/aromatic N) is 1.